The largest absolute Gasteiger partial charge is 0.378 e. The summed E-state index contributed by atoms with van der Waals surface area (Å²) < 4.78 is 14.2. The van der Waals surface area contributed by atoms with Crippen LogP contribution in [-0.4, -0.2) is 11.0 Å². The molecular weight excluding hydrogens is 289 g/mol. The van der Waals surface area contributed by atoms with E-state index in [4.69, 9.17) is 0 Å². The van der Waals surface area contributed by atoms with Crippen LogP contribution in [-0.2, 0) is 4.79 Å². The molecule has 3 rings (SSSR count). The number of hydrogen-bond acceptors (Lipinski definition) is 3. The molecule has 1 atom stereocenters. The summed E-state index contributed by atoms with van der Waals surface area (Å²) in [6.07, 6.45) is -1.28. The molecule has 1 heterocycles. The maximum absolute atomic E-state index is 14.2. The van der Waals surface area contributed by atoms with Gasteiger partial charge in [0.1, 0.15) is 5.82 Å². The van der Waals surface area contributed by atoms with Gasteiger partial charge in [-0.15, -0.1) is 0 Å². The normalized spacial score (nSPS) is 16.8. The number of hydrogen-bond donors (Lipinski definition) is 2. The van der Waals surface area contributed by atoms with Crippen molar-refractivity contribution >= 4 is 23.4 Å². The van der Waals surface area contributed by atoms with Crippen LogP contribution < -0.4 is 5.32 Å². The van der Waals surface area contributed by atoms with Gasteiger partial charge in [-0.3, -0.25) is 4.79 Å². The van der Waals surface area contributed by atoms with Crippen LogP contribution >= 0.6 is 11.8 Å². The number of rotatable bonds is 2. The second-order valence-electron chi connectivity index (χ2n) is 5.13. The summed E-state index contributed by atoms with van der Waals surface area (Å²) in [4.78, 5) is 12.8. The van der Waals surface area contributed by atoms with Gasteiger partial charge in [-0.2, -0.15) is 0 Å². The van der Waals surface area contributed by atoms with E-state index in [1.807, 2.05) is 32.0 Å². The highest BCUT2D eigenvalue weighted by molar-refractivity contribution is 7.99. The average molecular weight is 303 g/mol. The fourth-order valence-corrected chi connectivity index (χ4v) is 3.30. The standard InChI is InChI=1S/C16H14FNO2S/c1-8-3-4-9(2)13(5-8)21-14-7-12-10(6-11(14)17)15(19)16(20)18-12/h3-7,15,19H,1-2H3,(H,18,20). The maximum atomic E-state index is 14.2. The number of aliphatic hydroxyl groups excluding tert-OH is 1. The van der Waals surface area contributed by atoms with Crippen molar-refractivity contribution in [1.29, 1.82) is 0 Å². The van der Waals surface area contributed by atoms with Crippen molar-refractivity contribution < 1.29 is 14.3 Å². The van der Waals surface area contributed by atoms with Gasteiger partial charge >= 0.3 is 0 Å². The van der Waals surface area contributed by atoms with E-state index in [2.05, 4.69) is 5.32 Å². The van der Waals surface area contributed by atoms with Crippen molar-refractivity contribution in [3.05, 3.63) is 52.8 Å². The summed E-state index contributed by atoms with van der Waals surface area (Å²) in [5.74, 6) is -0.950. The lowest BCUT2D eigenvalue weighted by Crippen LogP contribution is -2.10. The van der Waals surface area contributed by atoms with Gasteiger partial charge in [0.25, 0.3) is 5.91 Å². The van der Waals surface area contributed by atoms with Gasteiger partial charge in [-0.1, -0.05) is 23.9 Å². The van der Waals surface area contributed by atoms with E-state index in [0.29, 0.717) is 16.1 Å². The summed E-state index contributed by atoms with van der Waals surface area (Å²) in [5, 5.41) is 12.2. The van der Waals surface area contributed by atoms with Crippen LogP contribution in [0.2, 0.25) is 0 Å². The number of fused-ring (bicyclic) bond motifs is 1. The molecular formula is C16H14FNO2S. The maximum Gasteiger partial charge on any atom is 0.257 e. The third-order valence-electron chi connectivity index (χ3n) is 3.47. The lowest BCUT2D eigenvalue weighted by molar-refractivity contribution is -0.123. The molecule has 0 aliphatic carbocycles. The average Bonchev–Trinajstić information content (AvgIpc) is 2.70. The smallest absolute Gasteiger partial charge is 0.257 e. The Hall–Kier alpha value is -1.85. The Bertz CT molecular complexity index is 745. The van der Waals surface area contributed by atoms with Crippen molar-refractivity contribution in [3.8, 4) is 0 Å². The van der Waals surface area contributed by atoms with Crippen LogP contribution in [0.4, 0.5) is 10.1 Å². The number of carbonyl (C=O) groups excluding carboxylic acids is 1. The van der Waals surface area contributed by atoms with E-state index in [0.717, 1.165) is 16.0 Å². The van der Waals surface area contributed by atoms with Crippen LogP contribution in [0, 0.1) is 19.7 Å². The highest BCUT2D eigenvalue weighted by Crippen LogP contribution is 2.39. The zero-order valence-corrected chi connectivity index (χ0v) is 12.4. The highest BCUT2D eigenvalue weighted by atomic mass is 32.2. The molecule has 1 amide bonds. The first-order valence-corrected chi connectivity index (χ1v) is 7.35. The van der Waals surface area contributed by atoms with E-state index < -0.39 is 17.8 Å². The molecule has 2 aromatic carbocycles. The second-order valence-corrected chi connectivity index (χ2v) is 6.22. The topological polar surface area (TPSA) is 49.3 Å². The van der Waals surface area contributed by atoms with Gasteiger partial charge < -0.3 is 10.4 Å². The minimum Gasteiger partial charge on any atom is -0.378 e. The highest BCUT2D eigenvalue weighted by Gasteiger charge is 2.30. The van der Waals surface area contributed by atoms with Crippen LogP contribution in [0.3, 0.4) is 0 Å². The molecule has 3 nitrogen and oxygen atoms in total. The molecule has 2 N–H and O–H groups in total. The van der Waals surface area contributed by atoms with Crippen molar-refractivity contribution in [2.75, 3.05) is 5.32 Å². The summed E-state index contributed by atoms with van der Waals surface area (Å²) in [6, 6.07) is 8.81. The van der Waals surface area contributed by atoms with Gasteiger partial charge in [0.05, 0.1) is 4.90 Å². The van der Waals surface area contributed by atoms with E-state index in [-0.39, 0.29) is 0 Å². The molecule has 108 valence electrons. The molecule has 21 heavy (non-hydrogen) atoms. The van der Waals surface area contributed by atoms with E-state index >= 15 is 0 Å². The number of halogens is 1. The van der Waals surface area contributed by atoms with E-state index in [1.165, 1.54) is 17.8 Å². The quantitative estimate of drug-likeness (QED) is 0.891. The number of anilines is 1. The number of benzene rings is 2. The van der Waals surface area contributed by atoms with Crippen LogP contribution in [0.5, 0.6) is 0 Å². The fourth-order valence-electron chi connectivity index (χ4n) is 2.26. The first kappa shape index (κ1) is 14.1. The van der Waals surface area contributed by atoms with Gasteiger partial charge in [0, 0.05) is 16.1 Å². The molecule has 0 bridgehead atoms. The number of amides is 1. The number of aliphatic hydroxyl groups is 1. The predicted octanol–water partition coefficient (Wildman–Crippen LogP) is 3.58. The Morgan fingerprint density at radius 2 is 1.95 bits per heavy atom. The van der Waals surface area contributed by atoms with E-state index in [1.54, 1.807) is 6.07 Å². The Morgan fingerprint density at radius 3 is 2.71 bits per heavy atom. The molecule has 1 aliphatic rings. The number of aryl methyl sites for hydroxylation is 2. The van der Waals surface area contributed by atoms with E-state index in [9.17, 15) is 14.3 Å². The third kappa shape index (κ3) is 2.54. The van der Waals surface area contributed by atoms with Crippen molar-refractivity contribution in [3.63, 3.8) is 0 Å². The minimum absolute atomic E-state index is 0.294. The molecule has 2 aromatic rings. The zero-order chi connectivity index (χ0) is 15.1. The monoisotopic (exact) mass is 303 g/mol. The Morgan fingerprint density at radius 1 is 1.19 bits per heavy atom. The van der Waals surface area contributed by atoms with Gasteiger partial charge in [0.2, 0.25) is 0 Å². The zero-order valence-electron chi connectivity index (χ0n) is 11.6. The molecule has 0 fully saturated rings. The van der Waals surface area contributed by atoms with Crippen molar-refractivity contribution in [2.24, 2.45) is 0 Å². The summed E-state index contributed by atoms with van der Waals surface area (Å²) in [6.45, 7) is 3.96. The lowest BCUT2D eigenvalue weighted by Gasteiger charge is -2.09. The van der Waals surface area contributed by atoms with Crippen LogP contribution in [0.1, 0.15) is 22.8 Å². The molecule has 1 aliphatic heterocycles. The molecule has 0 saturated carbocycles. The molecule has 0 radical (unpaired) electrons. The number of carbonyl (C=O) groups is 1. The molecule has 0 spiro atoms. The summed E-state index contributed by atoms with van der Waals surface area (Å²) in [7, 11) is 0. The van der Waals surface area contributed by atoms with Gasteiger partial charge in [0.15, 0.2) is 6.10 Å². The third-order valence-corrected chi connectivity index (χ3v) is 4.66. The summed E-state index contributed by atoms with van der Waals surface area (Å²) in [5.41, 5.74) is 2.94. The SMILES string of the molecule is Cc1ccc(C)c(Sc2cc3c(cc2F)C(O)C(=O)N3)c1. The Kier molecular flexibility index (Phi) is 3.47. The van der Waals surface area contributed by atoms with Crippen LogP contribution in [0.25, 0.3) is 0 Å². The first-order chi connectivity index (χ1) is 9.95. The molecule has 0 saturated heterocycles. The molecule has 5 heteroatoms. The van der Waals surface area contributed by atoms with Crippen molar-refractivity contribution in [1.82, 2.24) is 0 Å². The fraction of sp³-hybridized carbons (Fsp3) is 0.188. The predicted molar refractivity (Wildman–Crippen MR) is 80.0 cm³/mol. The first-order valence-electron chi connectivity index (χ1n) is 6.53. The van der Waals surface area contributed by atoms with Gasteiger partial charge in [-0.05, 0) is 43.2 Å². The Balaban J connectivity index is 1.99. The lowest BCUT2D eigenvalue weighted by atomic mass is 10.1. The minimum atomic E-state index is -1.28. The Labute approximate surface area is 126 Å². The number of nitrogens with one attached hydrogen (secondary N) is 1. The van der Waals surface area contributed by atoms with Crippen molar-refractivity contribution in [2.45, 2.75) is 29.7 Å². The summed E-state index contributed by atoms with van der Waals surface area (Å²) >= 11 is 1.32. The second kappa shape index (κ2) is 5.16. The molecule has 0 aromatic heterocycles. The van der Waals surface area contributed by atoms with Gasteiger partial charge in [-0.25, -0.2) is 4.39 Å². The molecule has 1 unspecified atom stereocenters. The van der Waals surface area contributed by atoms with Crippen LogP contribution in [0.15, 0.2) is 40.1 Å².